The Bertz CT molecular complexity index is 121. The molecular formula is C6H9F3O2. The molecule has 11 heavy (non-hydrogen) atoms. The van der Waals surface area contributed by atoms with Gasteiger partial charge in [0, 0.05) is 0 Å². The van der Waals surface area contributed by atoms with Crippen LogP contribution < -0.4 is 0 Å². The molecule has 0 aliphatic heterocycles. The minimum atomic E-state index is -4.50. The Kier molecular flexibility index (Phi) is 4.14. The fourth-order valence-corrected chi connectivity index (χ4v) is 0.435. The summed E-state index contributed by atoms with van der Waals surface area (Å²) in [6.45, 7) is 1.90. The average Bonchev–Trinajstić information content (AvgIpc) is 1.87. The van der Waals surface area contributed by atoms with Gasteiger partial charge in [-0.2, -0.15) is 13.2 Å². The number of halogens is 3. The first-order valence-corrected chi connectivity index (χ1v) is 2.92. The van der Waals surface area contributed by atoms with Gasteiger partial charge < -0.3 is 9.84 Å². The molecule has 2 nitrogen and oxygen atoms in total. The number of hydrogen-bond acceptors (Lipinski definition) is 2. The zero-order valence-corrected chi connectivity index (χ0v) is 5.77. The molecule has 1 N–H and O–H groups in total. The van der Waals surface area contributed by atoms with E-state index in [0.717, 1.165) is 0 Å². The van der Waals surface area contributed by atoms with Crippen molar-refractivity contribution in [3.05, 3.63) is 12.7 Å². The van der Waals surface area contributed by atoms with Crippen LogP contribution in [0.15, 0.2) is 12.7 Å². The maximum absolute atomic E-state index is 11.7. The van der Waals surface area contributed by atoms with E-state index in [1.165, 1.54) is 6.08 Å². The summed E-state index contributed by atoms with van der Waals surface area (Å²) in [6.07, 6.45) is -5.41. The van der Waals surface area contributed by atoms with Gasteiger partial charge in [0.1, 0.15) is 0 Å². The molecule has 66 valence electrons. The van der Waals surface area contributed by atoms with Crippen LogP contribution in [0.5, 0.6) is 0 Å². The summed E-state index contributed by atoms with van der Waals surface area (Å²) in [6, 6.07) is 0. The van der Waals surface area contributed by atoms with Crippen LogP contribution in [0.25, 0.3) is 0 Å². The van der Waals surface area contributed by atoms with Gasteiger partial charge in [-0.05, 0) is 0 Å². The van der Waals surface area contributed by atoms with Crippen LogP contribution >= 0.6 is 0 Å². The van der Waals surface area contributed by atoms with Crippen molar-refractivity contribution in [2.45, 2.75) is 12.3 Å². The number of hydrogen-bond donors (Lipinski definition) is 1. The largest absolute Gasteiger partial charge is 0.416 e. The van der Waals surface area contributed by atoms with Gasteiger partial charge in [0.15, 0.2) is 6.10 Å². The van der Waals surface area contributed by atoms with Crippen molar-refractivity contribution in [3.63, 3.8) is 0 Å². The Hall–Kier alpha value is -0.550. The second-order valence-electron chi connectivity index (χ2n) is 1.83. The zero-order chi connectivity index (χ0) is 8.91. The third kappa shape index (κ3) is 4.00. The van der Waals surface area contributed by atoms with E-state index in [4.69, 9.17) is 5.11 Å². The number of aliphatic hydroxyl groups excluding tert-OH is 1. The van der Waals surface area contributed by atoms with Crippen LogP contribution in [0, 0.1) is 0 Å². The predicted molar refractivity (Wildman–Crippen MR) is 33.1 cm³/mol. The molecule has 0 saturated carbocycles. The third-order valence-corrected chi connectivity index (χ3v) is 0.946. The molecule has 0 saturated heterocycles. The van der Waals surface area contributed by atoms with Crippen LogP contribution in [-0.4, -0.2) is 30.6 Å². The van der Waals surface area contributed by atoms with Crippen LogP contribution in [0.3, 0.4) is 0 Å². The summed E-state index contributed by atoms with van der Waals surface area (Å²) in [4.78, 5) is 0. The summed E-state index contributed by atoms with van der Waals surface area (Å²) in [7, 11) is 0. The summed E-state index contributed by atoms with van der Waals surface area (Å²) < 4.78 is 39.4. The molecule has 0 aliphatic carbocycles. The van der Waals surface area contributed by atoms with Crippen molar-refractivity contribution in [1.82, 2.24) is 0 Å². The molecule has 0 aromatic heterocycles. The number of ether oxygens (including phenoxy) is 1. The Morgan fingerprint density at radius 2 is 2.09 bits per heavy atom. The van der Waals surface area contributed by atoms with Gasteiger partial charge >= 0.3 is 6.18 Å². The van der Waals surface area contributed by atoms with Crippen LogP contribution in [-0.2, 0) is 4.74 Å². The van der Waals surface area contributed by atoms with Gasteiger partial charge in [0.2, 0.25) is 0 Å². The van der Waals surface area contributed by atoms with E-state index in [1.54, 1.807) is 0 Å². The van der Waals surface area contributed by atoms with Gasteiger partial charge in [0.25, 0.3) is 0 Å². The van der Waals surface area contributed by atoms with Crippen LogP contribution in [0.1, 0.15) is 0 Å². The summed E-state index contributed by atoms with van der Waals surface area (Å²) in [5.41, 5.74) is 0. The quantitative estimate of drug-likeness (QED) is 0.640. The Morgan fingerprint density at radius 3 is 2.36 bits per heavy atom. The van der Waals surface area contributed by atoms with Gasteiger partial charge in [-0.15, -0.1) is 6.58 Å². The SMILES string of the molecule is C=CCOC(CO)C(F)(F)F. The first-order valence-electron chi connectivity index (χ1n) is 2.92. The van der Waals surface area contributed by atoms with Crippen LogP contribution in [0.4, 0.5) is 13.2 Å². The summed E-state index contributed by atoms with van der Waals surface area (Å²) >= 11 is 0. The lowest BCUT2D eigenvalue weighted by Crippen LogP contribution is -2.34. The maximum atomic E-state index is 11.7. The standard InChI is InChI=1S/C6H9F3O2/c1-2-3-11-5(4-10)6(7,8)9/h2,5,10H,1,3-4H2. The molecule has 0 bridgehead atoms. The zero-order valence-electron chi connectivity index (χ0n) is 5.77. The highest BCUT2D eigenvalue weighted by atomic mass is 19.4. The van der Waals surface area contributed by atoms with E-state index in [1.807, 2.05) is 0 Å². The third-order valence-electron chi connectivity index (χ3n) is 0.946. The summed E-state index contributed by atoms with van der Waals surface area (Å²) in [5.74, 6) is 0. The first-order chi connectivity index (χ1) is 5.02. The Balaban J connectivity index is 3.85. The molecule has 0 amide bonds. The molecule has 0 heterocycles. The fourth-order valence-electron chi connectivity index (χ4n) is 0.435. The van der Waals surface area contributed by atoms with Crippen molar-refractivity contribution < 1.29 is 23.0 Å². The van der Waals surface area contributed by atoms with Gasteiger partial charge in [0.05, 0.1) is 13.2 Å². The highest BCUT2D eigenvalue weighted by molar-refractivity contribution is 4.70. The van der Waals surface area contributed by atoms with E-state index < -0.39 is 18.9 Å². The normalized spacial score (nSPS) is 14.5. The van der Waals surface area contributed by atoms with E-state index in [-0.39, 0.29) is 6.61 Å². The first kappa shape index (κ1) is 10.4. The molecule has 0 aromatic carbocycles. The monoisotopic (exact) mass is 170 g/mol. The smallest absolute Gasteiger partial charge is 0.393 e. The lowest BCUT2D eigenvalue weighted by molar-refractivity contribution is -0.226. The predicted octanol–water partition coefficient (Wildman–Crippen LogP) is 1.11. The Labute approximate surface area is 62.3 Å². The number of aliphatic hydroxyl groups is 1. The molecule has 1 atom stereocenters. The molecule has 0 aromatic rings. The molecule has 5 heteroatoms. The van der Waals surface area contributed by atoms with E-state index >= 15 is 0 Å². The van der Waals surface area contributed by atoms with Gasteiger partial charge in [-0.3, -0.25) is 0 Å². The molecule has 0 rings (SSSR count). The molecule has 1 unspecified atom stereocenters. The van der Waals surface area contributed by atoms with E-state index in [2.05, 4.69) is 11.3 Å². The molecule has 0 fully saturated rings. The van der Waals surface area contributed by atoms with Crippen molar-refractivity contribution >= 4 is 0 Å². The van der Waals surface area contributed by atoms with Crippen molar-refractivity contribution in [1.29, 1.82) is 0 Å². The lowest BCUT2D eigenvalue weighted by Gasteiger charge is -2.17. The fraction of sp³-hybridized carbons (Fsp3) is 0.667. The van der Waals surface area contributed by atoms with Gasteiger partial charge in [-0.25, -0.2) is 0 Å². The van der Waals surface area contributed by atoms with Crippen molar-refractivity contribution in [3.8, 4) is 0 Å². The number of rotatable bonds is 4. The molecule has 0 aliphatic rings. The molecular weight excluding hydrogens is 161 g/mol. The maximum Gasteiger partial charge on any atom is 0.416 e. The van der Waals surface area contributed by atoms with E-state index in [9.17, 15) is 13.2 Å². The highest BCUT2D eigenvalue weighted by Crippen LogP contribution is 2.22. The van der Waals surface area contributed by atoms with Crippen molar-refractivity contribution in [2.24, 2.45) is 0 Å². The Morgan fingerprint density at radius 1 is 1.55 bits per heavy atom. The minimum Gasteiger partial charge on any atom is -0.393 e. The number of alkyl halides is 3. The van der Waals surface area contributed by atoms with Crippen LogP contribution in [0.2, 0.25) is 0 Å². The molecule has 0 radical (unpaired) electrons. The minimum absolute atomic E-state index is 0.218. The second kappa shape index (κ2) is 4.35. The lowest BCUT2D eigenvalue weighted by atomic mass is 10.4. The topological polar surface area (TPSA) is 29.5 Å². The van der Waals surface area contributed by atoms with Crippen molar-refractivity contribution in [2.75, 3.05) is 13.2 Å². The average molecular weight is 170 g/mol. The highest BCUT2D eigenvalue weighted by Gasteiger charge is 2.39. The van der Waals surface area contributed by atoms with E-state index in [0.29, 0.717) is 0 Å². The molecule has 0 spiro atoms. The van der Waals surface area contributed by atoms with Gasteiger partial charge in [-0.1, -0.05) is 6.08 Å². The summed E-state index contributed by atoms with van der Waals surface area (Å²) in [5, 5.41) is 8.21. The second-order valence-corrected chi connectivity index (χ2v) is 1.83.